The molecule has 0 spiro atoms. The molecule has 0 aromatic rings. The van der Waals surface area contributed by atoms with Gasteiger partial charge in [-0.3, -0.25) is 0 Å². The number of hydrogen-bond acceptors (Lipinski definition) is 3. The molecule has 1 heterocycles. The minimum absolute atomic E-state index is 0.761. The van der Waals surface area contributed by atoms with Crippen molar-refractivity contribution in [3.63, 3.8) is 0 Å². The van der Waals surface area contributed by atoms with Crippen LogP contribution in [-0.4, -0.2) is 37.7 Å². The van der Waals surface area contributed by atoms with E-state index in [4.69, 9.17) is 0 Å². The van der Waals surface area contributed by atoms with Crippen molar-refractivity contribution < 1.29 is 0 Å². The minimum atomic E-state index is 0.761. The van der Waals surface area contributed by atoms with Crippen molar-refractivity contribution in [2.45, 2.75) is 6.04 Å². The van der Waals surface area contributed by atoms with E-state index in [0.717, 1.165) is 25.7 Å². The fourth-order valence-corrected chi connectivity index (χ4v) is 1.12. The van der Waals surface area contributed by atoms with Gasteiger partial charge < -0.3 is 10.6 Å². The number of nitrogens with one attached hydrogen (secondary N) is 2. The maximum absolute atomic E-state index is 3.44. The molecule has 1 rings (SSSR count). The first-order valence-corrected chi connectivity index (χ1v) is 4.76. The Morgan fingerprint density at radius 1 is 1.67 bits per heavy atom. The standard InChI is InChI=1S/C6H14N2S/c1-9-3-2-8-6-4-7-5-6/h6-8H,2-5H2,1H3. The Kier molecular flexibility index (Phi) is 3.40. The van der Waals surface area contributed by atoms with E-state index < -0.39 is 0 Å². The summed E-state index contributed by atoms with van der Waals surface area (Å²) in [5.74, 6) is 1.23. The van der Waals surface area contributed by atoms with E-state index in [1.807, 2.05) is 11.8 Å². The fourth-order valence-electron chi connectivity index (χ4n) is 0.798. The van der Waals surface area contributed by atoms with Gasteiger partial charge >= 0.3 is 0 Å². The predicted octanol–water partition coefficient (Wildman–Crippen LogP) is -0.0892. The first-order valence-electron chi connectivity index (χ1n) is 3.36. The summed E-state index contributed by atoms with van der Waals surface area (Å²) in [4.78, 5) is 0. The largest absolute Gasteiger partial charge is 0.314 e. The highest BCUT2D eigenvalue weighted by atomic mass is 32.2. The van der Waals surface area contributed by atoms with Gasteiger partial charge in [-0.1, -0.05) is 0 Å². The second-order valence-corrected chi connectivity index (χ2v) is 3.29. The average Bonchev–Trinajstić information content (AvgIpc) is 1.76. The summed E-state index contributed by atoms with van der Waals surface area (Å²) in [6.45, 7) is 3.48. The summed E-state index contributed by atoms with van der Waals surface area (Å²) in [6.07, 6.45) is 2.14. The zero-order valence-corrected chi connectivity index (χ0v) is 6.63. The summed E-state index contributed by atoms with van der Waals surface area (Å²) in [7, 11) is 0. The number of hydrogen-bond donors (Lipinski definition) is 2. The van der Waals surface area contributed by atoms with Gasteiger partial charge in [-0.25, -0.2) is 0 Å². The van der Waals surface area contributed by atoms with Crippen LogP contribution in [0.1, 0.15) is 0 Å². The molecule has 2 nitrogen and oxygen atoms in total. The van der Waals surface area contributed by atoms with Gasteiger partial charge in [-0.2, -0.15) is 11.8 Å². The van der Waals surface area contributed by atoms with Crippen molar-refractivity contribution in [2.75, 3.05) is 31.6 Å². The van der Waals surface area contributed by atoms with Crippen LogP contribution in [0, 0.1) is 0 Å². The molecule has 0 bridgehead atoms. The van der Waals surface area contributed by atoms with E-state index >= 15 is 0 Å². The van der Waals surface area contributed by atoms with E-state index in [1.165, 1.54) is 5.75 Å². The molecule has 9 heavy (non-hydrogen) atoms. The van der Waals surface area contributed by atoms with Gasteiger partial charge in [0.1, 0.15) is 0 Å². The molecule has 0 radical (unpaired) electrons. The lowest BCUT2D eigenvalue weighted by Crippen LogP contribution is -2.55. The average molecular weight is 146 g/mol. The van der Waals surface area contributed by atoms with E-state index in [9.17, 15) is 0 Å². The zero-order chi connectivity index (χ0) is 6.53. The molecule has 0 aromatic heterocycles. The van der Waals surface area contributed by atoms with Crippen LogP contribution in [0.2, 0.25) is 0 Å². The monoisotopic (exact) mass is 146 g/mol. The van der Waals surface area contributed by atoms with Crippen molar-refractivity contribution >= 4 is 11.8 Å². The molecule has 0 aliphatic carbocycles. The molecule has 0 unspecified atom stereocenters. The molecule has 2 N–H and O–H groups in total. The summed E-state index contributed by atoms with van der Waals surface area (Å²) in [6, 6.07) is 0.761. The zero-order valence-electron chi connectivity index (χ0n) is 5.81. The van der Waals surface area contributed by atoms with E-state index in [0.29, 0.717) is 0 Å². The molecule has 3 heteroatoms. The van der Waals surface area contributed by atoms with Gasteiger partial charge in [0.2, 0.25) is 0 Å². The topological polar surface area (TPSA) is 24.1 Å². The van der Waals surface area contributed by atoms with Crippen molar-refractivity contribution in [1.82, 2.24) is 10.6 Å². The first kappa shape index (κ1) is 7.38. The normalized spacial score (nSPS) is 19.7. The van der Waals surface area contributed by atoms with Gasteiger partial charge in [0.25, 0.3) is 0 Å². The van der Waals surface area contributed by atoms with Crippen molar-refractivity contribution in [2.24, 2.45) is 0 Å². The Morgan fingerprint density at radius 2 is 2.44 bits per heavy atom. The highest BCUT2D eigenvalue weighted by Crippen LogP contribution is 1.92. The second-order valence-electron chi connectivity index (χ2n) is 2.30. The van der Waals surface area contributed by atoms with Crippen LogP contribution >= 0.6 is 11.8 Å². The fraction of sp³-hybridized carbons (Fsp3) is 1.00. The van der Waals surface area contributed by atoms with Gasteiger partial charge in [-0.15, -0.1) is 0 Å². The Bertz CT molecular complexity index is 73.5. The molecular weight excluding hydrogens is 132 g/mol. The van der Waals surface area contributed by atoms with Gasteiger partial charge in [0.05, 0.1) is 0 Å². The molecular formula is C6H14N2S. The van der Waals surface area contributed by atoms with E-state index in [1.54, 1.807) is 0 Å². The lowest BCUT2D eigenvalue weighted by Gasteiger charge is -2.27. The summed E-state index contributed by atoms with van der Waals surface area (Å²) < 4.78 is 0. The Hall–Kier alpha value is 0.270. The van der Waals surface area contributed by atoms with Gasteiger partial charge in [0.15, 0.2) is 0 Å². The van der Waals surface area contributed by atoms with Crippen LogP contribution in [0.3, 0.4) is 0 Å². The third-order valence-corrected chi connectivity index (χ3v) is 2.13. The molecule has 1 fully saturated rings. The lowest BCUT2D eigenvalue weighted by molar-refractivity contribution is 0.375. The van der Waals surface area contributed by atoms with Crippen molar-refractivity contribution in [1.29, 1.82) is 0 Å². The molecule has 54 valence electrons. The second kappa shape index (κ2) is 4.14. The Labute approximate surface area is 60.8 Å². The molecule has 0 atom stereocenters. The third-order valence-electron chi connectivity index (χ3n) is 1.52. The third kappa shape index (κ3) is 2.56. The van der Waals surface area contributed by atoms with Gasteiger partial charge in [-0.05, 0) is 6.26 Å². The Balaban J connectivity index is 1.80. The lowest BCUT2D eigenvalue weighted by atomic mass is 10.2. The van der Waals surface area contributed by atoms with E-state index in [2.05, 4.69) is 16.9 Å². The number of thioether (sulfide) groups is 1. The van der Waals surface area contributed by atoms with Crippen LogP contribution in [0.4, 0.5) is 0 Å². The molecule has 0 aromatic carbocycles. The molecule has 0 saturated carbocycles. The Morgan fingerprint density at radius 3 is 2.89 bits per heavy atom. The predicted molar refractivity (Wildman–Crippen MR) is 43.0 cm³/mol. The quantitative estimate of drug-likeness (QED) is 0.542. The number of rotatable bonds is 4. The van der Waals surface area contributed by atoms with Crippen LogP contribution in [0.5, 0.6) is 0 Å². The van der Waals surface area contributed by atoms with Crippen molar-refractivity contribution in [3.05, 3.63) is 0 Å². The summed E-state index contributed by atoms with van der Waals surface area (Å²) in [5.41, 5.74) is 0. The summed E-state index contributed by atoms with van der Waals surface area (Å²) >= 11 is 1.90. The molecule has 1 aliphatic rings. The highest BCUT2D eigenvalue weighted by molar-refractivity contribution is 7.98. The molecule has 1 aliphatic heterocycles. The highest BCUT2D eigenvalue weighted by Gasteiger charge is 2.14. The SMILES string of the molecule is CSCCNC1CNC1. The minimum Gasteiger partial charge on any atom is -0.314 e. The molecule has 1 saturated heterocycles. The summed E-state index contributed by atoms with van der Waals surface area (Å²) in [5, 5.41) is 6.66. The van der Waals surface area contributed by atoms with Crippen LogP contribution < -0.4 is 10.6 Å². The maximum atomic E-state index is 3.44. The van der Waals surface area contributed by atoms with Gasteiger partial charge in [0, 0.05) is 31.4 Å². The molecule has 0 amide bonds. The smallest absolute Gasteiger partial charge is 0.0317 e. The van der Waals surface area contributed by atoms with Crippen LogP contribution in [-0.2, 0) is 0 Å². The first-order chi connectivity index (χ1) is 4.43. The van der Waals surface area contributed by atoms with Crippen LogP contribution in [0.15, 0.2) is 0 Å². The maximum Gasteiger partial charge on any atom is 0.0317 e. The van der Waals surface area contributed by atoms with E-state index in [-0.39, 0.29) is 0 Å². The van der Waals surface area contributed by atoms with Crippen LogP contribution in [0.25, 0.3) is 0 Å². The van der Waals surface area contributed by atoms with Crippen molar-refractivity contribution in [3.8, 4) is 0 Å².